The van der Waals surface area contributed by atoms with Crippen molar-refractivity contribution in [3.63, 3.8) is 0 Å². The molecule has 2 fully saturated rings. The predicted octanol–water partition coefficient (Wildman–Crippen LogP) is 3.92. The Hall–Kier alpha value is -2.82. The van der Waals surface area contributed by atoms with Gasteiger partial charge in [0.1, 0.15) is 17.1 Å². The van der Waals surface area contributed by atoms with E-state index in [-0.39, 0.29) is 16.8 Å². The first-order valence-electron chi connectivity index (χ1n) is 13.7. The number of ether oxygens (including phenoxy) is 2. The molecule has 2 N–H and O–H groups in total. The molecule has 0 amide bonds. The molecule has 39 heavy (non-hydrogen) atoms. The van der Waals surface area contributed by atoms with Gasteiger partial charge in [-0.15, -0.1) is 0 Å². The van der Waals surface area contributed by atoms with E-state index in [1.165, 1.54) is 19.3 Å². The second-order valence-corrected chi connectivity index (χ2v) is 11.8. The molecule has 1 saturated carbocycles. The summed E-state index contributed by atoms with van der Waals surface area (Å²) in [6, 6.07) is 14.7. The van der Waals surface area contributed by atoms with Crippen LogP contribution in [0.25, 0.3) is 0 Å². The zero-order valence-corrected chi connectivity index (χ0v) is 23.7. The van der Waals surface area contributed by atoms with Gasteiger partial charge in [-0.1, -0.05) is 43.5 Å². The molecular weight excluding hydrogens is 520 g/mol. The van der Waals surface area contributed by atoms with Crippen molar-refractivity contribution in [2.45, 2.75) is 44.9 Å². The molecule has 2 aromatic carbocycles. The molecular formula is C29H42N2O7S. The van der Waals surface area contributed by atoms with E-state index in [0.29, 0.717) is 31.1 Å². The Morgan fingerprint density at radius 2 is 1.56 bits per heavy atom. The van der Waals surface area contributed by atoms with Gasteiger partial charge in [0.25, 0.3) is 0 Å². The summed E-state index contributed by atoms with van der Waals surface area (Å²) in [6.07, 6.45) is 7.06. The first kappa shape index (κ1) is 30.7. The van der Waals surface area contributed by atoms with E-state index < -0.39 is 16.1 Å². The van der Waals surface area contributed by atoms with Crippen LogP contribution in [0, 0.1) is 5.92 Å². The Labute approximate surface area is 232 Å². The van der Waals surface area contributed by atoms with Gasteiger partial charge in [0.05, 0.1) is 25.2 Å². The van der Waals surface area contributed by atoms with Gasteiger partial charge in [0.15, 0.2) is 0 Å². The van der Waals surface area contributed by atoms with Crippen LogP contribution in [0.1, 0.15) is 55.3 Å². The fraction of sp³-hybridized carbons (Fsp3) is 0.552. The van der Waals surface area contributed by atoms with Crippen LogP contribution in [-0.2, 0) is 14.3 Å². The Morgan fingerprint density at radius 3 is 2.28 bits per heavy atom. The predicted molar refractivity (Wildman–Crippen MR) is 152 cm³/mol. The lowest BCUT2D eigenvalue weighted by Gasteiger charge is -2.36. The molecule has 1 heterocycles. The topological polar surface area (TPSA) is 117 Å². The highest BCUT2D eigenvalue weighted by molar-refractivity contribution is 7.87. The standard InChI is InChI=1S/C29H40N2O6S.H2O/c1-35-28-16-8-6-14-26(28)31-20-18-30(19-21-31)17-9-10-22-38(33,34)37-29(32)25-13-5-7-15-27(25)36-23-24-11-3-2-4-12-24;/h5-8,13-16,24H,2-4,9-12,17-23H2,1H3;1H2. The number of anilines is 1. The molecule has 0 spiro atoms. The summed E-state index contributed by atoms with van der Waals surface area (Å²) in [4.78, 5) is 17.4. The molecule has 1 aliphatic heterocycles. The number of para-hydroxylation sites is 3. The fourth-order valence-corrected chi connectivity index (χ4v) is 6.20. The van der Waals surface area contributed by atoms with Gasteiger partial charge in [0, 0.05) is 26.2 Å². The maximum absolute atomic E-state index is 12.7. The molecule has 2 aromatic rings. The summed E-state index contributed by atoms with van der Waals surface area (Å²) in [5, 5.41) is 0. The van der Waals surface area contributed by atoms with Crippen LogP contribution >= 0.6 is 0 Å². The fourth-order valence-electron chi connectivity index (χ4n) is 5.24. The van der Waals surface area contributed by atoms with E-state index >= 15 is 0 Å². The molecule has 9 nitrogen and oxygen atoms in total. The van der Waals surface area contributed by atoms with E-state index in [4.69, 9.17) is 13.7 Å². The average molecular weight is 563 g/mol. The molecule has 0 aromatic heterocycles. The third-order valence-electron chi connectivity index (χ3n) is 7.43. The first-order chi connectivity index (χ1) is 18.4. The number of carbonyl (C=O) groups excluding carboxylic acids is 1. The molecule has 2 aliphatic rings. The maximum Gasteiger partial charge on any atom is 0.357 e. The summed E-state index contributed by atoms with van der Waals surface area (Å²) in [7, 11) is -2.30. The van der Waals surface area contributed by atoms with Crippen molar-refractivity contribution >= 4 is 21.8 Å². The van der Waals surface area contributed by atoms with Crippen LogP contribution in [0.3, 0.4) is 0 Å². The van der Waals surface area contributed by atoms with E-state index in [0.717, 1.165) is 57.0 Å². The van der Waals surface area contributed by atoms with Crippen molar-refractivity contribution in [2.75, 3.05) is 57.1 Å². The summed E-state index contributed by atoms with van der Waals surface area (Å²) in [5.74, 6) is 0.660. The minimum atomic E-state index is -3.98. The Morgan fingerprint density at radius 1 is 0.897 bits per heavy atom. The summed E-state index contributed by atoms with van der Waals surface area (Å²) in [5.41, 5.74) is 1.25. The quantitative estimate of drug-likeness (QED) is 0.282. The molecule has 4 rings (SSSR count). The number of piperazine rings is 1. The highest BCUT2D eigenvalue weighted by Gasteiger charge is 2.23. The molecule has 0 bridgehead atoms. The van der Waals surface area contributed by atoms with E-state index in [1.807, 2.05) is 18.2 Å². The number of carbonyl (C=O) groups is 1. The Kier molecular flexibility index (Phi) is 11.9. The van der Waals surface area contributed by atoms with E-state index in [9.17, 15) is 13.2 Å². The lowest BCUT2D eigenvalue weighted by atomic mass is 9.90. The monoisotopic (exact) mass is 562 g/mol. The number of benzene rings is 2. The molecule has 0 atom stereocenters. The van der Waals surface area contributed by atoms with Crippen LogP contribution in [0.4, 0.5) is 5.69 Å². The number of methoxy groups -OCH3 is 1. The number of hydrogen-bond donors (Lipinski definition) is 0. The molecule has 1 saturated heterocycles. The first-order valence-corrected chi connectivity index (χ1v) is 15.3. The van der Waals surface area contributed by atoms with E-state index in [1.54, 1.807) is 31.4 Å². The van der Waals surface area contributed by atoms with Gasteiger partial charge in [-0.05, 0) is 62.4 Å². The Bertz CT molecular complexity index is 1140. The van der Waals surface area contributed by atoms with Crippen molar-refractivity contribution in [1.29, 1.82) is 0 Å². The van der Waals surface area contributed by atoms with Gasteiger partial charge in [0.2, 0.25) is 0 Å². The minimum Gasteiger partial charge on any atom is -0.495 e. The summed E-state index contributed by atoms with van der Waals surface area (Å²) >= 11 is 0. The zero-order valence-electron chi connectivity index (χ0n) is 22.8. The normalized spacial score (nSPS) is 16.8. The lowest BCUT2D eigenvalue weighted by Crippen LogP contribution is -2.46. The molecule has 10 heteroatoms. The third-order valence-corrected chi connectivity index (χ3v) is 8.62. The molecule has 1 aliphatic carbocycles. The highest BCUT2D eigenvalue weighted by atomic mass is 32.2. The van der Waals surface area contributed by atoms with Crippen molar-refractivity contribution in [3.8, 4) is 11.5 Å². The second-order valence-electron chi connectivity index (χ2n) is 10.2. The smallest absolute Gasteiger partial charge is 0.357 e. The number of nitrogens with zero attached hydrogens (tertiary/aromatic N) is 2. The lowest BCUT2D eigenvalue weighted by molar-refractivity contribution is 0.0740. The maximum atomic E-state index is 12.7. The van der Waals surface area contributed by atoms with Gasteiger partial charge in [-0.2, -0.15) is 8.42 Å². The van der Waals surface area contributed by atoms with Crippen molar-refractivity contribution in [1.82, 2.24) is 4.90 Å². The molecule has 0 unspecified atom stereocenters. The zero-order chi connectivity index (χ0) is 26.8. The van der Waals surface area contributed by atoms with Crippen LogP contribution in [0.5, 0.6) is 11.5 Å². The highest BCUT2D eigenvalue weighted by Crippen LogP contribution is 2.29. The summed E-state index contributed by atoms with van der Waals surface area (Å²) < 4.78 is 41.4. The number of rotatable bonds is 12. The van der Waals surface area contributed by atoms with Crippen LogP contribution in [-0.4, -0.2) is 77.0 Å². The SMILES string of the molecule is COc1ccccc1N1CCN(CCCCS(=O)(=O)OC(=O)c2ccccc2OCC2CCCCC2)CC1.O. The van der Waals surface area contributed by atoms with Crippen LogP contribution in [0.15, 0.2) is 48.5 Å². The van der Waals surface area contributed by atoms with Crippen LogP contribution < -0.4 is 14.4 Å². The van der Waals surface area contributed by atoms with Gasteiger partial charge < -0.3 is 24.0 Å². The Balaban J connectivity index is 0.00000420. The van der Waals surface area contributed by atoms with Gasteiger partial charge in [-0.25, -0.2) is 4.79 Å². The number of unbranched alkanes of at least 4 members (excludes halogenated alkanes) is 1. The van der Waals surface area contributed by atoms with Gasteiger partial charge in [-0.3, -0.25) is 4.90 Å². The van der Waals surface area contributed by atoms with Gasteiger partial charge >= 0.3 is 16.1 Å². The largest absolute Gasteiger partial charge is 0.495 e. The van der Waals surface area contributed by atoms with E-state index in [2.05, 4.69) is 15.9 Å². The van der Waals surface area contributed by atoms with Crippen molar-refractivity contribution in [3.05, 3.63) is 54.1 Å². The number of hydrogen-bond acceptors (Lipinski definition) is 8. The van der Waals surface area contributed by atoms with Crippen molar-refractivity contribution in [2.24, 2.45) is 5.92 Å². The molecule has 216 valence electrons. The third kappa shape index (κ3) is 9.12. The van der Waals surface area contributed by atoms with Crippen molar-refractivity contribution < 1.29 is 32.3 Å². The molecule has 0 radical (unpaired) electrons. The average Bonchev–Trinajstić information content (AvgIpc) is 2.95. The minimum absolute atomic E-state index is 0. The van der Waals surface area contributed by atoms with Crippen LogP contribution in [0.2, 0.25) is 0 Å². The second kappa shape index (κ2) is 15.1. The summed E-state index contributed by atoms with van der Waals surface area (Å²) in [6.45, 7) is 4.91.